The Morgan fingerprint density at radius 1 is 1.67 bits per heavy atom. The fourth-order valence-corrected chi connectivity index (χ4v) is 0.564. The lowest BCUT2D eigenvalue weighted by Crippen LogP contribution is -2.38. The van der Waals surface area contributed by atoms with Gasteiger partial charge in [-0.1, -0.05) is 9.64 Å². The maximum atomic E-state index is 10.3. The van der Waals surface area contributed by atoms with E-state index in [0.29, 0.717) is 0 Å². The van der Waals surface area contributed by atoms with Crippen LogP contribution in [0.15, 0.2) is 5.10 Å². The van der Waals surface area contributed by atoms with Crippen LogP contribution in [0.25, 0.3) is 0 Å². The highest BCUT2D eigenvalue weighted by molar-refractivity contribution is 8.18. The van der Waals surface area contributed by atoms with E-state index in [0.717, 1.165) is 0 Å². The molecule has 0 spiro atoms. The minimum absolute atomic E-state index is 0.117. The highest BCUT2D eigenvalue weighted by Gasteiger charge is 2.13. The Morgan fingerprint density at radius 3 is 2.27 bits per heavy atom. The summed E-state index contributed by atoms with van der Waals surface area (Å²) in [5.41, 5.74) is 12.1. The molecule has 0 bridgehead atoms. The Hall–Kier alpha value is -0.780. The molecule has 0 heterocycles. The van der Waals surface area contributed by atoms with Crippen molar-refractivity contribution >= 4 is 45.4 Å². The molecule has 11 heteroatoms. The summed E-state index contributed by atoms with van der Waals surface area (Å²) in [5, 5.41) is 11.7. The topological polar surface area (TPSA) is 151 Å². The summed E-state index contributed by atoms with van der Waals surface area (Å²) < 4.78 is 16.3. The van der Waals surface area contributed by atoms with Crippen molar-refractivity contribution in [3.8, 4) is 0 Å². The largest absolute Gasteiger partial charge is 0.480 e. The van der Waals surface area contributed by atoms with Gasteiger partial charge in [-0.15, -0.1) is 5.10 Å². The summed E-state index contributed by atoms with van der Waals surface area (Å²) in [7, 11) is -2.03. The first kappa shape index (κ1) is 16.6. The third-order valence-electron chi connectivity index (χ3n) is 0.830. The number of nitrogens with zero attached hydrogens (tertiary/aromatic N) is 1. The number of hydrazone groups is 1. The summed E-state index contributed by atoms with van der Waals surface area (Å²) in [6, 6.07) is -0.861. The second-order valence-corrected chi connectivity index (χ2v) is 3.61. The van der Waals surface area contributed by atoms with Gasteiger partial charge in [0.05, 0.1) is 0 Å². The van der Waals surface area contributed by atoms with Crippen molar-refractivity contribution in [3.63, 3.8) is 0 Å². The van der Waals surface area contributed by atoms with Gasteiger partial charge in [0, 0.05) is 5.75 Å². The summed E-state index contributed by atoms with van der Waals surface area (Å²) in [4.78, 5) is 10.3. The standard InChI is InChI=1S/C4H10N4O2S.HO2S2/c5-4(6)8-7-2(1-11)3(9)10;1-4(2)3/h2,7,11H,1H2,(H,9,10)(H4,5,6,8);(H,1,2,3)/q;-1/t2-;/m0./s1. The van der Waals surface area contributed by atoms with Crippen LogP contribution in [0.4, 0.5) is 0 Å². The Kier molecular flexibility index (Phi) is 10.8. The maximum absolute atomic E-state index is 10.3. The van der Waals surface area contributed by atoms with Crippen LogP contribution in [0.3, 0.4) is 0 Å². The number of hydrogen-bond acceptors (Lipinski definition) is 7. The van der Waals surface area contributed by atoms with Crippen molar-refractivity contribution in [2.45, 2.75) is 6.04 Å². The lowest BCUT2D eigenvalue weighted by Gasteiger charge is -2.07. The SMILES string of the molecule is NC(N)=NN[C@@H](CS)C(=O)O.O=[S-](O)=S. The molecule has 0 aliphatic carbocycles. The van der Waals surface area contributed by atoms with Crippen molar-refractivity contribution < 1.29 is 18.7 Å². The second-order valence-electron chi connectivity index (χ2n) is 1.96. The van der Waals surface area contributed by atoms with E-state index in [2.05, 4.69) is 34.3 Å². The number of carboxylic acid groups (broad SMARTS) is 1. The van der Waals surface area contributed by atoms with E-state index in [1.165, 1.54) is 0 Å². The molecule has 0 aliphatic heterocycles. The Labute approximate surface area is 98.0 Å². The predicted octanol–water partition coefficient (Wildman–Crippen LogP) is -1.97. The van der Waals surface area contributed by atoms with E-state index in [4.69, 9.17) is 25.3 Å². The minimum atomic E-state index is -2.03. The molecule has 0 aliphatic rings. The van der Waals surface area contributed by atoms with E-state index in [9.17, 15) is 4.79 Å². The van der Waals surface area contributed by atoms with Crippen LogP contribution >= 0.6 is 12.6 Å². The fourth-order valence-electron chi connectivity index (χ4n) is 0.327. The van der Waals surface area contributed by atoms with E-state index in [1.807, 2.05) is 0 Å². The average molecular weight is 275 g/mol. The number of carboxylic acids is 1. The monoisotopic (exact) mass is 275 g/mol. The Morgan fingerprint density at radius 2 is 2.07 bits per heavy atom. The summed E-state index contributed by atoms with van der Waals surface area (Å²) in [6.45, 7) is 0. The normalized spacial score (nSPS) is 10.9. The first-order chi connectivity index (χ1) is 6.81. The van der Waals surface area contributed by atoms with Crippen molar-refractivity contribution in [3.05, 3.63) is 0 Å². The van der Waals surface area contributed by atoms with E-state index in [1.54, 1.807) is 0 Å². The van der Waals surface area contributed by atoms with Crippen molar-refractivity contribution in [1.82, 2.24) is 5.43 Å². The van der Waals surface area contributed by atoms with Gasteiger partial charge in [0.2, 0.25) is 5.96 Å². The molecule has 90 valence electrons. The van der Waals surface area contributed by atoms with Gasteiger partial charge in [-0.05, 0) is 0 Å². The predicted molar refractivity (Wildman–Crippen MR) is 62.3 cm³/mol. The van der Waals surface area contributed by atoms with Gasteiger partial charge < -0.3 is 25.3 Å². The van der Waals surface area contributed by atoms with Gasteiger partial charge in [0.25, 0.3) is 0 Å². The van der Waals surface area contributed by atoms with Crippen LogP contribution in [0.2, 0.25) is 0 Å². The van der Waals surface area contributed by atoms with E-state index < -0.39 is 21.7 Å². The molecule has 0 aromatic carbocycles. The zero-order valence-electron chi connectivity index (χ0n) is 7.36. The number of aliphatic carboxylic acids is 1. The molecule has 8 nitrogen and oxygen atoms in total. The molecule has 0 aromatic rings. The highest BCUT2D eigenvalue weighted by atomic mass is 32.8. The first-order valence-electron chi connectivity index (χ1n) is 3.27. The molecule has 0 aromatic heterocycles. The van der Waals surface area contributed by atoms with E-state index in [-0.39, 0.29) is 11.7 Å². The molecule has 0 unspecified atom stereocenters. The molecule has 0 radical (unpaired) electrons. The molecule has 0 amide bonds. The average Bonchev–Trinajstić information content (AvgIpc) is 2.02. The number of carbonyl (C=O) groups is 1. The molecular weight excluding hydrogens is 264 g/mol. The third-order valence-corrected chi connectivity index (χ3v) is 1.20. The molecule has 15 heavy (non-hydrogen) atoms. The number of guanidine groups is 1. The third kappa shape index (κ3) is 15.9. The number of nitrogens with one attached hydrogen (secondary N) is 1. The number of hydrogen-bond donors (Lipinski definition) is 6. The summed E-state index contributed by atoms with van der Waals surface area (Å²) >= 11 is 7.41. The second kappa shape index (κ2) is 9.76. The molecule has 1 atom stereocenters. The molecule has 7 N–H and O–H groups in total. The number of nitrogens with two attached hydrogens (primary N) is 2. The van der Waals surface area contributed by atoms with Crippen LogP contribution in [-0.4, -0.2) is 33.4 Å². The van der Waals surface area contributed by atoms with Gasteiger partial charge in [-0.3, -0.25) is 5.43 Å². The molecular formula is C4H11N4O4S3-. The zero-order valence-corrected chi connectivity index (χ0v) is 9.89. The summed E-state index contributed by atoms with van der Waals surface area (Å²) in [6.07, 6.45) is 0. The lowest BCUT2D eigenvalue weighted by molar-refractivity contribution is -0.138. The minimum Gasteiger partial charge on any atom is -0.480 e. The van der Waals surface area contributed by atoms with Gasteiger partial charge in [0.15, 0.2) is 0 Å². The van der Waals surface area contributed by atoms with Crippen LogP contribution in [-0.2, 0) is 29.8 Å². The summed E-state index contributed by atoms with van der Waals surface area (Å²) in [5.74, 6) is -1.14. The van der Waals surface area contributed by atoms with Crippen molar-refractivity contribution in [1.29, 1.82) is 0 Å². The molecule has 0 saturated carbocycles. The maximum Gasteiger partial charge on any atom is 0.328 e. The van der Waals surface area contributed by atoms with Crippen molar-refractivity contribution in [2.75, 3.05) is 5.75 Å². The first-order valence-corrected chi connectivity index (χ1v) is 5.93. The van der Waals surface area contributed by atoms with Crippen molar-refractivity contribution in [2.24, 2.45) is 16.6 Å². The van der Waals surface area contributed by atoms with Crippen LogP contribution in [0.5, 0.6) is 0 Å². The van der Waals surface area contributed by atoms with Gasteiger partial charge in [0.1, 0.15) is 6.04 Å². The van der Waals surface area contributed by atoms with Crippen LogP contribution in [0, 0.1) is 0 Å². The quantitative estimate of drug-likeness (QED) is 0.0863. The van der Waals surface area contributed by atoms with Gasteiger partial charge >= 0.3 is 5.97 Å². The molecule has 0 fully saturated rings. The molecule has 0 rings (SSSR count). The van der Waals surface area contributed by atoms with Gasteiger partial charge in [-0.2, -0.15) is 12.6 Å². The molecule has 0 saturated heterocycles. The highest BCUT2D eigenvalue weighted by Crippen LogP contribution is 1.86. The Balaban J connectivity index is 0. The Bertz CT molecular complexity index is 280. The van der Waals surface area contributed by atoms with E-state index >= 15 is 0 Å². The smallest absolute Gasteiger partial charge is 0.328 e. The van der Waals surface area contributed by atoms with Gasteiger partial charge in [-0.25, -0.2) is 16.0 Å². The van der Waals surface area contributed by atoms with Crippen LogP contribution in [0.1, 0.15) is 0 Å². The lowest BCUT2D eigenvalue weighted by atomic mass is 10.4. The zero-order chi connectivity index (χ0) is 12.4. The number of thiol groups is 1. The fraction of sp³-hybridized carbons (Fsp3) is 0.500. The number of rotatable bonds is 4. The van der Waals surface area contributed by atoms with Crippen LogP contribution < -0.4 is 16.9 Å².